The first-order chi connectivity index (χ1) is 16.6. The number of likely N-dealkylation sites (N-methyl/N-ethyl adjacent to an activating group) is 1. The second-order valence-electron chi connectivity index (χ2n) is 8.10. The van der Waals surface area contributed by atoms with Gasteiger partial charge in [-0.05, 0) is 49.7 Å². The van der Waals surface area contributed by atoms with Crippen molar-refractivity contribution in [3.63, 3.8) is 0 Å². The largest absolute Gasteiger partial charge is 0.357 e. The Kier molecular flexibility index (Phi) is 8.53. The maximum atomic E-state index is 13.7. The highest BCUT2D eigenvalue weighted by Crippen LogP contribution is 2.27. The second kappa shape index (κ2) is 11.4. The lowest BCUT2D eigenvalue weighted by molar-refractivity contribution is -0.139. The number of carbonyl (C=O) groups is 2. The third-order valence-corrected chi connectivity index (χ3v) is 7.62. The molecule has 7 nitrogen and oxygen atoms in total. The Bertz CT molecular complexity index is 1280. The fraction of sp³-hybridized carbons (Fsp3) is 0.231. The molecule has 9 heteroatoms. The summed E-state index contributed by atoms with van der Waals surface area (Å²) in [5, 5.41) is 2.89. The smallest absolute Gasteiger partial charge is 0.264 e. The molecule has 0 spiro atoms. The molecule has 184 valence electrons. The van der Waals surface area contributed by atoms with Crippen LogP contribution in [0.5, 0.6) is 0 Å². The van der Waals surface area contributed by atoms with Crippen LogP contribution in [0, 0.1) is 6.92 Å². The first-order valence-electron chi connectivity index (χ1n) is 11.0. The molecular formula is C26H28ClN3O4S. The van der Waals surface area contributed by atoms with E-state index in [1.54, 1.807) is 37.3 Å². The number of hydrogen-bond donors (Lipinski definition) is 1. The summed E-state index contributed by atoms with van der Waals surface area (Å²) in [6.07, 6.45) is 0. The normalized spacial score (nSPS) is 12.0. The SMILES string of the molecule is CNC(=O)C(C)N(Cc1ccccc1)C(=O)CN(c1cccc(Cl)c1)S(=O)(=O)c1ccc(C)cc1. The summed E-state index contributed by atoms with van der Waals surface area (Å²) in [6.45, 7) is 3.10. The van der Waals surface area contributed by atoms with E-state index in [1.807, 2.05) is 37.3 Å². The van der Waals surface area contributed by atoms with Crippen LogP contribution in [0.3, 0.4) is 0 Å². The number of nitrogens with one attached hydrogen (secondary N) is 1. The van der Waals surface area contributed by atoms with E-state index in [4.69, 9.17) is 11.6 Å². The molecule has 1 N–H and O–H groups in total. The fourth-order valence-corrected chi connectivity index (χ4v) is 5.16. The van der Waals surface area contributed by atoms with Crippen LogP contribution in [0.1, 0.15) is 18.1 Å². The molecule has 0 aliphatic carbocycles. The van der Waals surface area contributed by atoms with Gasteiger partial charge in [0, 0.05) is 18.6 Å². The third-order valence-electron chi connectivity index (χ3n) is 5.59. The number of carbonyl (C=O) groups excluding carboxylic acids is 2. The zero-order valence-corrected chi connectivity index (χ0v) is 21.4. The number of rotatable bonds is 9. The number of nitrogens with zero attached hydrogens (tertiary/aromatic N) is 2. The van der Waals surface area contributed by atoms with Crippen LogP contribution in [0.2, 0.25) is 5.02 Å². The lowest BCUT2D eigenvalue weighted by atomic mass is 10.1. The van der Waals surface area contributed by atoms with E-state index in [9.17, 15) is 18.0 Å². The Labute approximate surface area is 211 Å². The summed E-state index contributed by atoms with van der Waals surface area (Å²) >= 11 is 6.15. The number of aryl methyl sites for hydroxylation is 1. The summed E-state index contributed by atoms with van der Waals surface area (Å²) in [7, 11) is -2.62. The van der Waals surface area contributed by atoms with Crippen LogP contribution in [0.15, 0.2) is 83.8 Å². The summed E-state index contributed by atoms with van der Waals surface area (Å²) < 4.78 is 28.4. The van der Waals surface area contributed by atoms with Gasteiger partial charge in [-0.2, -0.15) is 0 Å². The number of hydrogen-bond acceptors (Lipinski definition) is 4. The standard InChI is InChI=1S/C26H28ClN3O4S/c1-19-12-14-24(15-13-19)35(33,34)30(23-11-7-10-22(27)16-23)18-25(31)29(20(2)26(32)28-3)17-21-8-5-4-6-9-21/h4-16,20H,17-18H2,1-3H3,(H,28,32). The van der Waals surface area contributed by atoms with E-state index in [2.05, 4.69) is 5.32 Å². The quantitative estimate of drug-likeness (QED) is 0.468. The van der Waals surface area contributed by atoms with Gasteiger partial charge in [0.2, 0.25) is 11.8 Å². The number of amides is 2. The maximum Gasteiger partial charge on any atom is 0.264 e. The Morgan fingerprint density at radius 1 is 0.971 bits per heavy atom. The van der Waals surface area contributed by atoms with E-state index in [-0.39, 0.29) is 23.0 Å². The van der Waals surface area contributed by atoms with Gasteiger partial charge in [-0.1, -0.05) is 65.7 Å². The second-order valence-corrected chi connectivity index (χ2v) is 10.4. The van der Waals surface area contributed by atoms with Crippen molar-refractivity contribution in [1.82, 2.24) is 10.2 Å². The average molecular weight is 514 g/mol. The summed E-state index contributed by atoms with van der Waals surface area (Å²) in [6, 6.07) is 21.1. The zero-order chi connectivity index (χ0) is 25.6. The van der Waals surface area contributed by atoms with Gasteiger partial charge in [0.25, 0.3) is 10.0 Å². The highest BCUT2D eigenvalue weighted by molar-refractivity contribution is 7.92. The molecule has 0 aliphatic heterocycles. The van der Waals surface area contributed by atoms with Gasteiger partial charge < -0.3 is 10.2 Å². The predicted molar refractivity (Wildman–Crippen MR) is 138 cm³/mol. The molecular weight excluding hydrogens is 486 g/mol. The van der Waals surface area contributed by atoms with E-state index in [1.165, 1.54) is 30.1 Å². The maximum absolute atomic E-state index is 13.7. The van der Waals surface area contributed by atoms with E-state index >= 15 is 0 Å². The molecule has 3 aromatic carbocycles. The lowest BCUT2D eigenvalue weighted by Crippen LogP contribution is -2.50. The average Bonchev–Trinajstić information content (AvgIpc) is 2.85. The lowest BCUT2D eigenvalue weighted by Gasteiger charge is -2.31. The van der Waals surface area contributed by atoms with Crippen LogP contribution in [0.4, 0.5) is 5.69 Å². The van der Waals surface area contributed by atoms with Gasteiger partial charge >= 0.3 is 0 Å². The fourth-order valence-electron chi connectivity index (χ4n) is 3.57. The molecule has 0 radical (unpaired) electrons. The third kappa shape index (κ3) is 6.41. The van der Waals surface area contributed by atoms with Gasteiger partial charge in [0.1, 0.15) is 12.6 Å². The van der Waals surface area contributed by atoms with Gasteiger partial charge in [-0.15, -0.1) is 0 Å². The van der Waals surface area contributed by atoms with E-state index < -0.39 is 28.5 Å². The Balaban J connectivity index is 2.02. The first-order valence-corrected chi connectivity index (χ1v) is 12.8. The molecule has 0 aromatic heterocycles. The minimum atomic E-state index is -4.11. The summed E-state index contributed by atoms with van der Waals surface area (Å²) in [5.41, 5.74) is 1.97. The molecule has 3 rings (SSSR count). The Morgan fingerprint density at radius 2 is 1.63 bits per heavy atom. The van der Waals surface area contributed by atoms with Crippen molar-refractivity contribution in [2.45, 2.75) is 31.3 Å². The van der Waals surface area contributed by atoms with Crippen molar-refractivity contribution in [2.24, 2.45) is 0 Å². The van der Waals surface area contributed by atoms with Crippen LogP contribution in [-0.4, -0.2) is 44.8 Å². The van der Waals surface area contributed by atoms with Crippen molar-refractivity contribution in [3.05, 3.63) is 95.0 Å². The molecule has 0 saturated carbocycles. The predicted octanol–water partition coefficient (Wildman–Crippen LogP) is 4.01. The van der Waals surface area contributed by atoms with Crippen molar-refractivity contribution < 1.29 is 18.0 Å². The molecule has 2 amide bonds. The highest BCUT2D eigenvalue weighted by atomic mass is 35.5. The number of sulfonamides is 1. The van der Waals surface area contributed by atoms with Crippen molar-refractivity contribution in [1.29, 1.82) is 0 Å². The summed E-state index contributed by atoms with van der Waals surface area (Å²) in [5.74, 6) is -0.884. The van der Waals surface area contributed by atoms with Crippen molar-refractivity contribution in [3.8, 4) is 0 Å². The first kappa shape index (κ1) is 26.2. The molecule has 1 unspecified atom stereocenters. The molecule has 3 aromatic rings. The monoisotopic (exact) mass is 513 g/mol. The number of halogens is 1. The van der Waals surface area contributed by atoms with Gasteiger partial charge in [0.15, 0.2) is 0 Å². The summed E-state index contributed by atoms with van der Waals surface area (Å²) in [4.78, 5) is 27.5. The van der Waals surface area contributed by atoms with Gasteiger partial charge in [-0.3, -0.25) is 13.9 Å². The Morgan fingerprint density at radius 3 is 2.23 bits per heavy atom. The van der Waals surface area contributed by atoms with Gasteiger partial charge in [0.05, 0.1) is 10.6 Å². The molecule has 1 atom stereocenters. The minimum Gasteiger partial charge on any atom is -0.357 e. The molecule has 0 heterocycles. The molecule has 35 heavy (non-hydrogen) atoms. The zero-order valence-electron chi connectivity index (χ0n) is 19.8. The van der Waals surface area contributed by atoms with Crippen LogP contribution < -0.4 is 9.62 Å². The van der Waals surface area contributed by atoms with Crippen LogP contribution in [0.25, 0.3) is 0 Å². The van der Waals surface area contributed by atoms with E-state index in [0.717, 1.165) is 15.4 Å². The molecule has 0 saturated heterocycles. The molecule has 0 fully saturated rings. The van der Waals surface area contributed by atoms with Gasteiger partial charge in [-0.25, -0.2) is 8.42 Å². The topological polar surface area (TPSA) is 86.8 Å². The number of anilines is 1. The highest BCUT2D eigenvalue weighted by Gasteiger charge is 2.32. The minimum absolute atomic E-state index is 0.0461. The van der Waals surface area contributed by atoms with Crippen LogP contribution >= 0.6 is 11.6 Å². The van der Waals surface area contributed by atoms with Crippen molar-refractivity contribution in [2.75, 3.05) is 17.9 Å². The number of benzene rings is 3. The Hall–Kier alpha value is -3.36. The van der Waals surface area contributed by atoms with E-state index in [0.29, 0.717) is 5.02 Å². The molecule has 0 bridgehead atoms. The van der Waals surface area contributed by atoms with Crippen LogP contribution in [-0.2, 0) is 26.2 Å². The van der Waals surface area contributed by atoms with Crippen molar-refractivity contribution >= 4 is 39.1 Å². The molecule has 0 aliphatic rings.